The van der Waals surface area contributed by atoms with Crippen molar-refractivity contribution in [3.05, 3.63) is 29.1 Å². The molecule has 13 heavy (non-hydrogen) atoms. The molecule has 66 valence electrons. The van der Waals surface area contributed by atoms with Gasteiger partial charge in [-0.1, -0.05) is 0 Å². The van der Waals surface area contributed by atoms with Crippen LogP contribution in [0.1, 0.15) is 21.6 Å². The molecule has 0 aliphatic heterocycles. The lowest BCUT2D eigenvalue weighted by atomic mass is 10.2. The number of aldehydes is 1. The molecule has 0 atom stereocenters. The van der Waals surface area contributed by atoms with Crippen LogP contribution in [0.5, 0.6) is 0 Å². The van der Waals surface area contributed by atoms with E-state index in [1.54, 1.807) is 6.20 Å². The molecule has 0 fully saturated rings. The maximum Gasteiger partial charge on any atom is 0.153 e. The summed E-state index contributed by atoms with van der Waals surface area (Å²) in [5.41, 5.74) is 4.41. The molecule has 0 amide bonds. The molecule has 0 aliphatic carbocycles. The van der Waals surface area contributed by atoms with Crippen LogP contribution in [-0.2, 0) is 0 Å². The molecule has 2 aromatic heterocycles. The molecule has 2 heterocycles. The average molecular weight is 174 g/mol. The Morgan fingerprint density at radius 1 is 1.46 bits per heavy atom. The number of nitrogens with zero attached hydrogens (tertiary/aromatic N) is 1. The first kappa shape index (κ1) is 7.98. The molecule has 0 aliphatic rings. The largest absolute Gasteiger partial charge is 0.359 e. The third-order valence-electron chi connectivity index (χ3n) is 2.12. The van der Waals surface area contributed by atoms with Crippen LogP contribution in [0.3, 0.4) is 0 Å². The standard InChI is InChI=1S/C10H10N2O/c1-6-3-7(2)12-10-8(5-13)4-11-9(6)10/h3-5,11H,1-2H3. The molecule has 0 spiro atoms. The van der Waals surface area contributed by atoms with E-state index in [4.69, 9.17) is 0 Å². The van der Waals surface area contributed by atoms with E-state index in [2.05, 4.69) is 9.97 Å². The summed E-state index contributed by atoms with van der Waals surface area (Å²) < 4.78 is 0. The van der Waals surface area contributed by atoms with Crippen LogP contribution in [0.25, 0.3) is 11.0 Å². The van der Waals surface area contributed by atoms with Crippen molar-refractivity contribution in [2.24, 2.45) is 0 Å². The monoisotopic (exact) mass is 174 g/mol. The van der Waals surface area contributed by atoms with Gasteiger partial charge in [0, 0.05) is 11.9 Å². The van der Waals surface area contributed by atoms with Crippen molar-refractivity contribution in [2.45, 2.75) is 13.8 Å². The van der Waals surface area contributed by atoms with Crippen LogP contribution in [0.2, 0.25) is 0 Å². The van der Waals surface area contributed by atoms with Gasteiger partial charge in [-0.2, -0.15) is 0 Å². The molecule has 0 unspecified atom stereocenters. The van der Waals surface area contributed by atoms with Crippen LogP contribution >= 0.6 is 0 Å². The molecule has 0 saturated carbocycles. The first-order valence-corrected chi connectivity index (χ1v) is 4.13. The van der Waals surface area contributed by atoms with E-state index in [1.807, 2.05) is 19.9 Å². The third-order valence-corrected chi connectivity index (χ3v) is 2.12. The molecule has 0 radical (unpaired) electrons. The summed E-state index contributed by atoms with van der Waals surface area (Å²) in [6.07, 6.45) is 2.52. The Labute approximate surface area is 75.8 Å². The van der Waals surface area contributed by atoms with Crippen molar-refractivity contribution in [3.63, 3.8) is 0 Å². The maximum absolute atomic E-state index is 10.6. The van der Waals surface area contributed by atoms with E-state index < -0.39 is 0 Å². The van der Waals surface area contributed by atoms with Gasteiger partial charge in [0.1, 0.15) is 0 Å². The third kappa shape index (κ3) is 1.13. The number of rotatable bonds is 1. The molecule has 2 aromatic rings. The first-order chi connectivity index (χ1) is 6.22. The predicted octanol–water partition coefficient (Wildman–Crippen LogP) is 1.99. The second kappa shape index (κ2) is 2.69. The fourth-order valence-corrected chi connectivity index (χ4v) is 1.54. The smallest absolute Gasteiger partial charge is 0.153 e. The number of carbonyl (C=O) groups is 1. The van der Waals surface area contributed by atoms with E-state index in [-0.39, 0.29) is 0 Å². The van der Waals surface area contributed by atoms with Gasteiger partial charge in [-0.25, -0.2) is 0 Å². The van der Waals surface area contributed by atoms with Crippen LogP contribution in [0, 0.1) is 13.8 Å². The van der Waals surface area contributed by atoms with Crippen molar-refractivity contribution in [3.8, 4) is 0 Å². The SMILES string of the molecule is Cc1cc(C)c2[nH]cc(C=O)c2n1. The topological polar surface area (TPSA) is 45.8 Å². The second-order valence-electron chi connectivity index (χ2n) is 3.17. The molecule has 0 bridgehead atoms. The average Bonchev–Trinajstić information content (AvgIpc) is 2.47. The Kier molecular flexibility index (Phi) is 1.65. The Hall–Kier alpha value is -1.64. The summed E-state index contributed by atoms with van der Waals surface area (Å²) >= 11 is 0. The lowest BCUT2D eigenvalue weighted by Gasteiger charge is -1.97. The lowest BCUT2D eigenvalue weighted by molar-refractivity contribution is 0.112. The van der Waals surface area contributed by atoms with Crippen molar-refractivity contribution in [1.82, 2.24) is 9.97 Å². The maximum atomic E-state index is 10.6. The van der Waals surface area contributed by atoms with Gasteiger partial charge in [-0.15, -0.1) is 0 Å². The molecule has 2 rings (SSSR count). The number of pyridine rings is 1. The number of aromatic nitrogens is 2. The number of nitrogens with one attached hydrogen (secondary N) is 1. The Morgan fingerprint density at radius 3 is 2.92 bits per heavy atom. The number of carbonyl (C=O) groups excluding carboxylic acids is 1. The highest BCUT2D eigenvalue weighted by atomic mass is 16.1. The number of fused-ring (bicyclic) bond motifs is 1. The van der Waals surface area contributed by atoms with Crippen molar-refractivity contribution < 1.29 is 4.79 Å². The van der Waals surface area contributed by atoms with Gasteiger partial charge in [0.15, 0.2) is 6.29 Å². The summed E-state index contributed by atoms with van der Waals surface area (Å²) in [4.78, 5) is 18.0. The summed E-state index contributed by atoms with van der Waals surface area (Å²) in [7, 11) is 0. The summed E-state index contributed by atoms with van der Waals surface area (Å²) in [5, 5.41) is 0. The van der Waals surface area contributed by atoms with Crippen LogP contribution in [0.4, 0.5) is 0 Å². The molecule has 1 N–H and O–H groups in total. The highest BCUT2D eigenvalue weighted by Gasteiger charge is 2.06. The van der Waals surface area contributed by atoms with E-state index in [0.717, 1.165) is 28.6 Å². The summed E-state index contributed by atoms with van der Waals surface area (Å²) in [6.45, 7) is 3.93. The number of aryl methyl sites for hydroxylation is 2. The molecule has 0 saturated heterocycles. The van der Waals surface area contributed by atoms with Gasteiger partial charge in [0.2, 0.25) is 0 Å². The van der Waals surface area contributed by atoms with E-state index in [0.29, 0.717) is 5.56 Å². The molecular weight excluding hydrogens is 164 g/mol. The lowest BCUT2D eigenvalue weighted by Crippen LogP contribution is -1.87. The summed E-state index contributed by atoms with van der Waals surface area (Å²) in [5.74, 6) is 0. The molecule has 3 nitrogen and oxygen atoms in total. The number of H-pyrrole nitrogens is 1. The van der Waals surface area contributed by atoms with Gasteiger partial charge < -0.3 is 4.98 Å². The predicted molar refractivity (Wildman–Crippen MR) is 51.0 cm³/mol. The molecule has 0 aromatic carbocycles. The van der Waals surface area contributed by atoms with Crippen molar-refractivity contribution in [2.75, 3.05) is 0 Å². The Balaban J connectivity index is 2.89. The zero-order chi connectivity index (χ0) is 9.42. The van der Waals surface area contributed by atoms with Gasteiger partial charge in [-0.3, -0.25) is 9.78 Å². The Bertz CT molecular complexity index is 471. The minimum Gasteiger partial charge on any atom is -0.359 e. The van der Waals surface area contributed by atoms with Gasteiger partial charge >= 0.3 is 0 Å². The van der Waals surface area contributed by atoms with Crippen LogP contribution in [-0.4, -0.2) is 16.3 Å². The number of aromatic amines is 1. The minimum atomic E-state index is 0.627. The van der Waals surface area contributed by atoms with Crippen molar-refractivity contribution in [1.29, 1.82) is 0 Å². The fraction of sp³-hybridized carbons (Fsp3) is 0.200. The second-order valence-corrected chi connectivity index (χ2v) is 3.17. The van der Waals surface area contributed by atoms with Crippen LogP contribution < -0.4 is 0 Å². The van der Waals surface area contributed by atoms with Crippen molar-refractivity contribution >= 4 is 17.3 Å². The van der Waals surface area contributed by atoms with E-state index >= 15 is 0 Å². The highest BCUT2D eigenvalue weighted by Crippen LogP contribution is 2.18. The van der Waals surface area contributed by atoms with Gasteiger partial charge in [0.05, 0.1) is 16.6 Å². The zero-order valence-corrected chi connectivity index (χ0v) is 7.59. The Morgan fingerprint density at radius 2 is 2.23 bits per heavy atom. The number of hydrogen-bond donors (Lipinski definition) is 1. The normalized spacial score (nSPS) is 10.6. The van der Waals surface area contributed by atoms with E-state index in [1.165, 1.54) is 0 Å². The minimum absolute atomic E-state index is 0.627. The van der Waals surface area contributed by atoms with Gasteiger partial charge in [-0.05, 0) is 25.5 Å². The molecule has 3 heteroatoms. The summed E-state index contributed by atoms with van der Waals surface area (Å²) in [6, 6.07) is 1.99. The number of hydrogen-bond acceptors (Lipinski definition) is 2. The first-order valence-electron chi connectivity index (χ1n) is 4.13. The van der Waals surface area contributed by atoms with Crippen LogP contribution in [0.15, 0.2) is 12.3 Å². The highest BCUT2D eigenvalue weighted by molar-refractivity contribution is 5.95. The van der Waals surface area contributed by atoms with Gasteiger partial charge in [0.25, 0.3) is 0 Å². The fourth-order valence-electron chi connectivity index (χ4n) is 1.54. The molecular formula is C10H10N2O. The zero-order valence-electron chi connectivity index (χ0n) is 7.59. The quantitative estimate of drug-likeness (QED) is 0.672. The van der Waals surface area contributed by atoms with E-state index in [9.17, 15) is 4.79 Å².